The van der Waals surface area contributed by atoms with Gasteiger partial charge in [0.25, 0.3) is 0 Å². The second-order valence-corrected chi connectivity index (χ2v) is 7.48. The fraction of sp³-hybridized carbons (Fsp3) is 0.292. The van der Waals surface area contributed by atoms with E-state index in [9.17, 15) is 4.79 Å². The number of anilines is 2. The Hall–Kier alpha value is -3.45. The van der Waals surface area contributed by atoms with Gasteiger partial charge < -0.3 is 20.3 Å². The molecule has 1 aromatic heterocycles. The van der Waals surface area contributed by atoms with Crippen LogP contribution in [0, 0.1) is 0 Å². The average Bonchev–Trinajstić information content (AvgIpc) is 2.80. The molecule has 0 bridgehead atoms. The zero-order valence-corrected chi connectivity index (χ0v) is 17.8. The summed E-state index contributed by atoms with van der Waals surface area (Å²) in [5, 5.41) is 5.55. The third kappa shape index (κ3) is 5.00. The van der Waals surface area contributed by atoms with Crippen molar-refractivity contribution in [2.45, 2.75) is 19.9 Å². The van der Waals surface area contributed by atoms with Crippen LogP contribution < -0.4 is 15.5 Å². The molecular formula is C24H27N5O2. The summed E-state index contributed by atoms with van der Waals surface area (Å²) < 4.78 is 5.60. The number of amides is 2. The van der Waals surface area contributed by atoms with E-state index in [4.69, 9.17) is 14.7 Å². The number of urea groups is 1. The van der Waals surface area contributed by atoms with Crippen LogP contribution in [0.2, 0.25) is 0 Å². The molecule has 2 aromatic carbocycles. The molecule has 0 saturated carbocycles. The number of hydrogen-bond donors (Lipinski definition) is 2. The Morgan fingerprint density at radius 1 is 1.10 bits per heavy atom. The molecular weight excluding hydrogens is 390 g/mol. The number of rotatable bonds is 5. The van der Waals surface area contributed by atoms with Gasteiger partial charge in [0, 0.05) is 36.0 Å². The minimum Gasteiger partial charge on any atom is -0.377 e. The molecule has 0 radical (unpaired) electrons. The number of morpholine rings is 1. The molecule has 0 aliphatic carbocycles. The summed E-state index contributed by atoms with van der Waals surface area (Å²) in [5.74, 6) is 1.58. The normalized spacial score (nSPS) is 16.1. The van der Waals surface area contributed by atoms with Gasteiger partial charge in [-0.25, -0.2) is 14.8 Å². The third-order valence-electron chi connectivity index (χ3n) is 5.18. The summed E-state index contributed by atoms with van der Waals surface area (Å²) in [6.07, 6.45) is 0. The van der Waals surface area contributed by atoms with Crippen molar-refractivity contribution in [3.05, 3.63) is 60.7 Å². The number of carbonyl (C=O) groups is 1. The highest BCUT2D eigenvalue weighted by Crippen LogP contribution is 2.28. The topological polar surface area (TPSA) is 79.4 Å². The molecule has 31 heavy (non-hydrogen) atoms. The lowest BCUT2D eigenvalue weighted by molar-refractivity contribution is 0.0985. The first-order valence-corrected chi connectivity index (χ1v) is 10.6. The molecule has 160 valence electrons. The second-order valence-electron chi connectivity index (χ2n) is 7.48. The van der Waals surface area contributed by atoms with Gasteiger partial charge in [0.1, 0.15) is 5.82 Å². The Morgan fingerprint density at radius 3 is 2.58 bits per heavy atom. The van der Waals surface area contributed by atoms with Gasteiger partial charge in [-0.05, 0) is 26.0 Å². The highest BCUT2D eigenvalue weighted by molar-refractivity contribution is 5.89. The maximum Gasteiger partial charge on any atom is 0.319 e. The Bertz CT molecular complexity index is 1020. The lowest BCUT2D eigenvalue weighted by Gasteiger charge is -2.34. The van der Waals surface area contributed by atoms with E-state index >= 15 is 0 Å². The van der Waals surface area contributed by atoms with Crippen LogP contribution in [0.25, 0.3) is 22.6 Å². The Labute approximate surface area is 182 Å². The first-order valence-electron chi connectivity index (χ1n) is 10.6. The van der Waals surface area contributed by atoms with Crippen LogP contribution in [0.1, 0.15) is 13.8 Å². The number of nitrogens with zero attached hydrogens (tertiary/aromatic N) is 3. The van der Waals surface area contributed by atoms with Crippen LogP contribution in [-0.2, 0) is 4.74 Å². The number of nitrogens with one attached hydrogen (secondary N) is 2. The van der Waals surface area contributed by atoms with Crippen molar-refractivity contribution >= 4 is 17.5 Å². The van der Waals surface area contributed by atoms with E-state index in [0.717, 1.165) is 34.9 Å². The number of ether oxygens (including phenoxy) is 1. The predicted octanol–water partition coefficient (Wildman–Crippen LogP) is 4.18. The van der Waals surface area contributed by atoms with Gasteiger partial charge in [-0.15, -0.1) is 0 Å². The van der Waals surface area contributed by atoms with Crippen molar-refractivity contribution in [2.75, 3.05) is 36.5 Å². The molecule has 1 aliphatic rings. The van der Waals surface area contributed by atoms with Gasteiger partial charge in [0.15, 0.2) is 5.82 Å². The lowest BCUT2D eigenvalue weighted by atomic mass is 10.1. The minimum atomic E-state index is -0.216. The van der Waals surface area contributed by atoms with Crippen LogP contribution in [0.4, 0.5) is 16.3 Å². The van der Waals surface area contributed by atoms with Gasteiger partial charge in [-0.2, -0.15) is 0 Å². The number of aromatic nitrogens is 2. The largest absolute Gasteiger partial charge is 0.377 e. The fourth-order valence-corrected chi connectivity index (χ4v) is 3.57. The van der Waals surface area contributed by atoms with Crippen molar-refractivity contribution < 1.29 is 9.53 Å². The Balaban J connectivity index is 1.69. The Kier molecular flexibility index (Phi) is 6.43. The summed E-state index contributed by atoms with van der Waals surface area (Å²) in [5.41, 5.74) is 3.50. The minimum absolute atomic E-state index is 0.216. The lowest BCUT2D eigenvalue weighted by Crippen LogP contribution is -2.44. The monoisotopic (exact) mass is 417 g/mol. The van der Waals surface area contributed by atoms with Gasteiger partial charge in [0.05, 0.1) is 24.9 Å². The van der Waals surface area contributed by atoms with Crippen LogP contribution in [-0.4, -0.2) is 48.3 Å². The van der Waals surface area contributed by atoms with Crippen LogP contribution >= 0.6 is 0 Å². The molecule has 2 N–H and O–H groups in total. The molecule has 2 amide bonds. The molecule has 0 unspecified atom stereocenters. The molecule has 4 rings (SSSR count). The second kappa shape index (κ2) is 9.57. The smallest absolute Gasteiger partial charge is 0.319 e. The SMILES string of the molecule is CCNC(=O)Nc1ccc(-c2cc(N3CCOC[C@@H]3C)nc(-c3ccccc3)n2)cc1. The molecule has 1 atom stereocenters. The first-order chi connectivity index (χ1) is 15.1. The van der Waals surface area contributed by atoms with Gasteiger partial charge in [-0.1, -0.05) is 42.5 Å². The van der Waals surface area contributed by atoms with E-state index in [0.29, 0.717) is 25.6 Å². The van der Waals surface area contributed by atoms with Crippen molar-refractivity contribution in [1.82, 2.24) is 15.3 Å². The highest BCUT2D eigenvalue weighted by Gasteiger charge is 2.22. The molecule has 2 heterocycles. The van der Waals surface area contributed by atoms with Crippen LogP contribution in [0.5, 0.6) is 0 Å². The number of carbonyl (C=O) groups excluding carboxylic acids is 1. The number of hydrogen-bond acceptors (Lipinski definition) is 5. The maximum atomic E-state index is 11.8. The summed E-state index contributed by atoms with van der Waals surface area (Å²) in [6, 6.07) is 19.7. The summed E-state index contributed by atoms with van der Waals surface area (Å²) in [7, 11) is 0. The fourth-order valence-electron chi connectivity index (χ4n) is 3.57. The van der Waals surface area contributed by atoms with Gasteiger partial charge in [-0.3, -0.25) is 0 Å². The van der Waals surface area contributed by atoms with Gasteiger partial charge >= 0.3 is 6.03 Å². The molecule has 7 nitrogen and oxygen atoms in total. The van der Waals surface area contributed by atoms with E-state index in [1.807, 2.05) is 67.6 Å². The van der Waals surface area contributed by atoms with Crippen molar-refractivity contribution in [2.24, 2.45) is 0 Å². The van der Waals surface area contributed by atoms with E-state index in [-0.39, 0.29) is 12.1 Å². The van der Waals surface area contributed by atoms with Gasteiger partial charge in [0.2, 0.25) is 0 Å². The molecule has 3 aromatic rings. The standard InChI is InChI=1S/C24H27N5O2/c1-3-25-24(30)26-20-11-9-18(10-12-20)21-15-22(29-13-14-31-16-17(29)2)28-23(27-21)19-7-5-4-6-8-19/h4-12,15,17H,3,13-14,16H2,1-2H3,(H2,25,26,30)/t17-/m0/s1. The molecule has 1 fully saturated rings. The highest BCUT2D eigenvalue weighted by atomic mass is 16.5. The molecule has 7 heteroatoms. The average molecular weight is 418 g/mol. The quantitative estimate of drug-likeness (QED) is 0.651. The zero-order valence-electron chi connectivity index (χ0n) is 17.8. The van der Waals surface area contributed by atoms with Crippen molar-refractivity contribution in [3.63, 3.8) is 0 Å². The predicted molar refractivity (Wildman–Crippen MR) is 123 cm³/mol. The van der Waals surface area contributed by atoms with Crippen LogP contribution in [0.15, 0.2) is 60.7 Å². The molecule has 0 spiro atoms. The zero-order chi connectivity index (χ0) is 21.6. The third-order valence-corrected chi connectivity index (χ3v) is 5.18. The van der Waals surface area contributed by atoms with E-state index in [2.05, 4.69) is 22.5 Å². The van der Waals surface area contributed by atoms with Crippen molar-refractivity contribution in [1.29, 1.82) is 0 Å². The maximum absolute atomic E-state index is 11.8. The summed E-state index contributed by atoms with van der Waals surface area (Å²) >= 11 is 0. The Morgan fingerprint density at radius 2 is 1.87 bits per heavy atom. The van der Waals surface area contributed by atoms with E-state index in [1.54, 1.807) is 0 Å². The van der Waals surface area contributed by atoms with Crippen molar-refractivity contribution in [3.8, 4) is 22.6 Å². The summed E-state index contributed by atoms with van der Waals surface area (Å²) in [4.78, 5) is 23.8. The number of benzene rings is 2. The first kappa shape index (κ1) is 20.8. The van der Waals surface area contributed by atoms with E-state index < -0.39 is 0 Å². The molecule has 1 aliphatic heterocycles. The molecule has 1 saturated heterocycles. The van der Waals surface area contributed by atoms with Crippen LogP contribution in [0.3, 0.4) is 0 Å². The summed E-state index contributed by atoms with van der Waals surface area (Å²) in [6.45, 7) is 6.77. The van der Waals surface area contributed by atoms with E-state index in [1.165, 1.54) is 0 Å².